The molecule has 0 atom stereocenters. The van der Waals surface area contributed by atoms with Crippen molar-refractivity contribution in [1.82, 2.24) is 9.88 Å². The SMILES string of the molecule is Cc1cccc(NC(=O)CSc2cn(CCNC(=O)c3cccc(C(F)(F)F)c3)c3ccccc23)c1C. The van der Waals surface area contributed by atoms with E-state index < -0.39 is 17.6 Å². The van der Waals surface area contributed by atoms with E-state index in [9.17, 15) is 22.8 Å². The van der Waals surface area contributed by atoms with Gasteiger partial charge < -0.3 is 15.2 Å². The number of benzene rings is 3. The summed E-state index contributed by atoms with van der Waals surface area (Å²) >= 11 is 1.42. The number of nitrogens with one attached hydrogen (secondary N) is 2. The van der Waals surface area contributed by atoms with Crippen molar-refractivity contribution in [2.75, 3.05) is 17.6 Å². The molecule has 0 saturated heterocycles. The van der Waals surface area contributed by atoms with Crippen LogP contribution in [0.3, 0.4) is 0 Å². The van der Waals surface area contributed by atoms with Gasteiger partial charge in [-0.1, -0.05) is 36.4 Å². The topological polar surface area (TPSA) is 63.1 Å². The number of carbonyl (C=O) groups is 2. The maximum Gasteiger partial charge on any atom is 0.416 e. The zero-order chi connectivity index (χ0) is 26.6. The molecule has 0 fully saturated rings. The molecule has 1 heterocycles. The van der Waals surface area contributed by atoms with Gasteiger partial charge in [-0.05, 0) is 55.3 Å². The summed E-state index contributed by atoms with van der Waals surface area (Å²) in [5.74, 6) is -0.447. The lowest BCUT2D eigenvalue weighted by Crippen LogP contribution is -2.27. The summed E-state index contributed by atoms with van der Waals surface area (Å²) in [5, 5.41) is 6.64. The molecule has 4 aromatic rings. The largest absolute Gasteiger partial charge is 0.416 e. The zero-order valence-corrected chi connectivity index (χ0v) is 21.2. The minimum Gasteiger partial charge on any atom is -0.350 e. The van der Waals surface area contributed by atoms with Crippen molar-refractivity contribution in [3.63, 3.8) is 0 Å². The van der Waals surface area contributed by atoms with Gasteiger partial charge in [0.1, 0.15) is 0 Å². The van der Waals surface area contributed by atoms with Crippen LogP contribution in [0.5, 0.6) is 0 Å². The number of thioether (sulfide) groups is 1. The van der Waals surface area contributed by atoms with E-state index in [1.165, 1.54) is 23.9 Å². The average molecular weight is 526 g/mol. The van der Waals surface area contributed by atoms with Gasteiger partial charge in [-0.25, -0.2) is 0 Å². The summed E-state index contributed by atoms with van der Waals surface area (Å²) in [7, 11) is 0. The number of hydrogen-bond acceptors (Lipinski definition) is 3. The molecule has 2 amide bonds. The number of anilines is 1. The van der Waals surface area contributed by atoms with Gasteiger partial charge in [-0.3, -0.25) is 9.59 Å². The standard InChI is InChI=1S/C28H26F3N3O2S/c1-18-7-5-11-23(19(18)2)33-26(35)17-37-25-16-34(24-12-4-3-10-22(24)25)14-13-32-27(36)20-8-6-9-21(15-20)28(29,30)31/h3-12,15-16H,13-14,17H2,1-2H3,(H,32,36)(H,33,35). The molecular weight excluding hydrogens is 499 g/mol. The Hall–Kier alpha value is -3.72. The summed E-state index contributed by atoms with van der Waals surface area (Å²) in [6.07, 6.45) is -2.58. The van der Waals surface area contributed by atoms with E-state index in [-0.39, 0.29) is 23.8 Å². The number of alkyl halides is 3. The molecule has 2 N–H and O–H groups in total. The summed E-state index contributed by atoms with van der Waals surface area (Å²) in [6.45, 7) is 4.61. The summed E-state index contributed by atoms with van der Waals surface area (Å²) in [6, 6.07) is 17.9. The number of hydrogen-bond donors (Lipinski definition) is 2. The minimum atomic E-state index is -4.51. The van der Waals surface area contributed by atoms with Crippen LogP contribution in [0.1, 0.15) is 27.0 Å². The third kappa shape index (κ3) is 6.35. The first-order chi connectivity index (χ1) is 17.6. The second kappa shape index (κ2) is 11.1. The van der Waals surface area contributed by atoms with Gasteiger partial charge in [0.25, 0.3) is 5.91 Å². The monoisotopic (exact) mass is 525 g/mol. The fourth-order valence-corrected chi connectivity index (χ4v) is 4.85. The molecule has 3 aromatic carbocycles. The normalized spacial score (nSPS) is 11.5. The minimum absolute atomic E-state index is 0.0432. The van der Waals surface area contributed by atoms with Crippen LogP contribution in [0.4, 0.5) is 18.9 Å². The van der Waals surface area contributed by atoms with Crippen molar-refractivity contribution >= 4 is 40.2 Å². The molecule has 0 aliphatic carbocycles. The number of aromatic nitrogens is 1. The number of nitrogens with zero attached hydrogens (tertiary/aromatic N) is 1. The molecule has 192 valence electrons. The van der Waals surface area contributed by atoms with Gasteiger partial charge in [0.15, 0.2) is 0 Å². The number of aryl methyl sites for hydroxylation is 1. The van der Waals surface area contributed by atoms with Crippen LogP contribution in [0.25, 0.3) is 10.9 Å². The first kappa shape index (κ1) is 26.3. The van der Waals surface area contributed by atoms with Crippen LogP contribution < -0.4 is 10.6 Å². The van der Waals surface area contributed by atoms with Crippen LogP contribution in [-0.2, 0) is 17.5 Å². The molecule has 0 aliphatic heterocycles. The van der Waals surface area contributed by atoms with Gasteiger partial charge in [0.05, 0.1) is 11.3 Å². The Morgan fingerprint density at radius 2 is 1.73 bits per heavy atom. The molecule has 5 nitrogen and oxygen atoms in total. The molecular formula is C28H26F3N3O2S. The second-order valence-electron chi connectivity index (χ2n) is 8.62. The van der Waals surface area contributed by atoms with Crippen molar-refractivity contribution in [3.05, 3.63) is 95.2 Å². The van der Waals surface area contributed by atoms with E-state index >= 15 is 0 Å². The second-order valence-corrected chi connectivity index (χ2v) is 9.64. The molecule has 0 spiro atoms. The molecule has 0 bridgehead atoms. The first-order valence-electron chi connectivity index (χ1n) is 11.7. The van der Waals surface area contributed by atoms with Crippen LogP contribution >= 0.6 is 11.8 Å². The Bertz CT molecular complexity index is 1450. The fraction of sp³-hybridized carbons (Fsp3) is 0.214. The summed E-state index contributed by atoms with van der Waals surface area (Å²) in [4.78, 5) is 25.9. The van der Waals surface area contributed by atoms with E-state index in [4.69, 9.17) is 0 Å². The molecule has 0 unspecified atom stereocenters. The van der Waals surface area contributed by atoms with E-state index in [1.54, 1.807) is 0 Å². The van der Waals surface area contributed by atoms with Crippen molar-refractivity contribution in [2.45, 2.75) is 31.5 Å². The highest BCUT2D eigenvalue weighted by Gasteiger charge is 2.30. The van der Waals surface area contributed by atoms with Crippen molar-refractivity contribution < 1.29 is 22.8 Å². The smallest absolute Gasteiger partial charge is 0.350 e. The van der Waals surface area contributed by atoms with E-state index in [2.05, 4.69) is 10.6 Å². The van der Waals surface area contributed by atoms with Crippen molar-refractivity contribution in [3.8, 4) is 0 Å². The lowest BCUT2D eigenvalue weighted by atomic mass is 10.1. The maximum absolute atomic E-state index is 12.9. The number of carbonyl (C=O) groups excluding carboxylic acids is 2. The number of halogens is 3. The van der Waals surface area contributed by atoms with Crippen LogP contribution in [0, 0.1) is 13.8 Å². The van der Waals surface area contributed by atoms with Gasteiger partial charge >= 0.3 is 6.18 Å². The maximum atomic E-state index is 12.9. The van der Waals surface area contributed by atoms with Gasteiger partial charge in [-0.15, -0.1) is 11.8 Å². The third-order valence-corrected chi connectivity index (χ3v) is 7.12. The highest BCUT2D eigenvalue weighted by molar-refractivity contribution is 8.00. The molecule has 4 rings (SSSR count). The molecule has 9 heteroatoms. The first-order valence-corrected chi connectivity index (χ1v) is 12.6. The number of rotatable bonds is 8. The van der Waals surface area contributed by atoms with Crippen molar-refractivity contribution in [2.24, 2.45) is 0 Å². The van der Waals surface area contributed by atoms with Crippen LogP contribution in [-0.4, -0.2) is 28.7 Å². The third-order valence-electron chi connectivity index (χ3n) is 6.08. The Labute approximate surface area is 217 Å². The summed E-state index contributed by atoms with van der Waals surface area (Å²) in [5.41, 5.74) is 2.97. The lowest BCUT2D eigenvalue weighted by molar-refractivity contribution is -0.137. The average Bonchev–Trinajstić information content (AvgIpc) is 3.23. The molecule has 0 aliphatic rings. The predicted molar refractivity (Wildman–Crippen MR) is 141 cm³/mol. The van der Waals surface area contributed by atoms with Gasteiger partial charge in [-0.2, -0.15) is 13.2 Å². The number of fused-ring (bicyclic) bond motifs is 1. The molecule has 0 saturated carbocycles. The Balaban J connectivity index is 1.39. The van der Waals surface area contributed by atoms with Crippen molar-refractivity contribution in [1.29, 1.82) is 0 Å². The Kier molecular flexibility index (Phi) is 7.92. The Morgan fingerprint density at radius 1 is 0.973 bits per heavy atom. The zero-order valence-electron chi connectivity index (χ0n) is 20.4. The van der Waals surface area contributed by atoms with E-state index in [0.717, 1.165) is 44.7 Å². The highest BCUT2D eigenvalue weighted by Crippen LogP contribution is 2.31. The van der Waals surface area contributed by atoms with Crippen LogP contribution in [0.15, 0.2) is 77.8 Å². The van der Waals surface area contributed by atoms with E-state index in [0.29, 0.717) is 6.54 Å². The van der Waals surface area contributed by atoms with Gasteiger partial charge in [0.2, 0.25) is 5.91 Å². The van der Waals surface area contributed by atoms with Crippen LogP contribution in [0.2, 0.25) is 0 Å². The molecule has 37 heavy (non-hydrogen) atoms. The number of amides is 2. The quantitative estimate of drug-likeness (QED) is 0.260. The predicted octanol–water partition coefficient (Wildman–Crippen LogP) is 6.44. The fourth-order valence-electron chi connectivity index (χ4n) is 3.96. The Morgan fingerprint density at radius 3 is 2.51 bits per heavy atom. The number of para-hydroxylation sites is 1. The molecule has 1 aromatic heterocycles. The lowest BCUT2D eigenvalue weighted by Gasteiger charge is -2.10. The highest BCUT2D eigenvalue weighted by atomic mass is 32.2. The molecule has 0 radical (unpaired) electrons. The van der Waals surface area contributed by atoms with E-state index in [1.807, 2.05) is 67.1 Å². The van der Waals surface area contributed by atoms with Gasteiger partial charge in [0, 0.05) is 46.3 Å². The summed E-state index contributed by atoms with van der Waals surface area (Å²) < 4.78 is 40.8.